The molecule has 0 saturated heterocycles. The van der Waals surface area contributed by atoms with Crippen LogP contribution in [0.15, 0.2) is 29.2 Å². The van der Waals surface area contributed by atoms with Gasteiger partial charge >= 0.3 is 0 Å². The van der Waals surface area contributed by atoms with E-state index in [4.69, 9.17) is 5.84 Å². The summed E-state index contributed by atoms with van der Waals surface area (Å²) < 4.78 is 23.1. The molecule has 3 unspecified atom stereocenters. The van der Waals surface area contributed by atoms with Gasteiger partial charge in [0.2, 0.25) is 0 Å². The normalized spacial score (nSPS) is 28.3. The van der Waals surface area contributed by atoms with Gasteiger partial charge in [0, 0.05) is 12.3 Å². The molecule has 5 heteroatoms. The third-order valence-corrected chi connectivity index (χ3v) is 5.66. The van der Waals surface area contributed by atoms with Crippen molar-refractivity contribution in [3.05, 3.63) is 29.8 Å². The zero-order valence-corrected chi connectivity index (χ0v) is 13.9. The molecule has 118 valence electrons. The number of sulfone groups is 1. The summed E-state index contributed by atoms with van der Waals surface area (Å²) in [4.78, 5) is 0.354. The van der Waals surface area contributed by atoms with Crippen LogP contribution in [0.25, 0.3) is 0 Å². The van der Waals surface area contributed by atoms with Crippen LogP contribution in [-0.4, -0.2) is 14.7 Å². The predicted molar refractivity (Wildman–Crippen MR) is 85.3 cm³/mol. The Balaban J connectivity index is 2.21. The van der Waals surface area contributed by atoms with Crippen LogP contribution < -0.4 is 11.3 Å². The largest absolute Gasteiger partial charge is 0.271 e. The minimum Gasteiger partial charge on any atom is -0.271 e. The van der Waals surface area contributed by atoms with Crippen LogP contribution in [0, 0.1) is 17.8 Å². The molecule has 3 atom stereocenters. The van der Waals surface area contributed by atoms with Crippen LogP contribution in [-0.2, 0) is 9.84 Å². The highest BCUT2D eigenvalue weighted by atomic mass is 32.2. The highest BCUT2D eigenvalue weighted by Crippen LogP contribution is 2.39. The predicted octanol–water partition coefficient (Wildman–Crippen LogP) is 2.67. The summed E-state index contributed by atoms with van der Waals surface area (Å²) >= 11 is 0. The average molecular weight is 310 g/mol. The lowest BCUT2D eigenvalue weighted by atomic mass is 9.72. The van der Waals surface area contributed by atoms with Crippen molar-refractivity contribution in [2.75, 3.05) is 6.26 Å². The van der Waals surface area contributed by atoms with Crippen molar-refractivity contribution >= 4 is 9.84 Å². The molecule has 21 heavy (non-hydrogen) atoms. The van der Waals surface area contributed by atoms with E-state index >= 15 is 0 Å². The van der Waals surface area contributed by atoms with Crippen molar-refractivity contribution in [1.29, 1.82) is 0 Å². The van der Waals surface area contributed by atoms with Gasteiger partial charge in [0.1, 0.15) is 0 Å². The minimum absolute atomic E-state index is 0.0869. The van der Waals surface area contributed by atoms with Gasteiger partial charge in [0.25, 0.3) is 0 Å². The first kappa shape index (κ1) is 16.5. The second kappa shape index (κ2) is 6.46. The van der Waals surface area contributed by atoms with Gasteiger partial charge in [-0.05, 0) is 54.7 Å². The third-order valence-electron chi connectivity index (χ3n) is 4.53. The third kappa shape index (κ3) is 4.05. The maximum absolute atomic E-state index is 11.5. The van der Waals surface area contributed by atoms with Crippen LogP contribution in [0.3, 0.4) is 0 Å². The summed E-state index contributed by atoms with van der Waals surface area (Å²) in [5, 5.41) is 0. The van der Waals surface area contributed by atoms with Crippen molar-refractivity contribution in [3.8, 4) is 0 Å². The van der Waals surface area contributed by atoms with E-state index in [-0.39, 0.29) is 6.04 Å². The molecule has 1 aromatic rings. The van der Waals surface area contributed by atoms with Crippen LogP contribution in [0.1, 0.15) is 44.7 Å². The minimum atomic E-state index is -3.15. The van der Waals surface area contributed by atoms with Crippen LogP contribution in [0.5, 0.6) is 0 Å². The smallest absolute Gasteiger partial charge is 0.175 e. The Morgan fingerprint density at radius 3 is 2.05 bits per heavy atom. The fourth-order valence-corrected chi connectivity index (χ4v) is 4.34. The van der Waals surface area contributed by atoms with Gasteiger partial charge in [0.15, 0.2) is 9.84 Å². The van der Waals surface area contributed by atoms with Crippen molar-refractivity contribution in [1.82, 2.24) is 5.43 Å². The fourth-order valence-electron chi connectivity index (χ4n) is 3.71. The Morgan fingerprint density at radius 1 is 1.10 bits per heavy atom. The molecule has 4 nitrogen and oxygen atoms in total. The summed E-state index contributed by atoms with van der Waals surface area (Å²) in [6.45, 7) is 4.59. The van der Waals surface area contributed by atoms with Gasteiger partial charge in [-0.15, -0.1) is 0 Å². The van der Waals surface area contributed by atoms with E-state index in [0.717, 1.165) is 18.4 Å². The summed E-state index contributed by atoms with van der Waals surface area (Å²) in [5.74, 6) is 7.71. The van der Waals surface area contributed by atoms with Crippen LogP contribution in [0.4, 0.5) is 0 Å². The van der Waals surface area contributed by atoms with E-state index in [2.05, 4.69) is 19.3 Å². The first-order valence-corrected chi connectivity index (χ1v) is 9.46. The second-order valence-corrected chi connectivity index (χ2v) is 8.68. The zero-order chi connectivity index (χ0) is 15.6. The Labute approximate surface area is 128 Å². The molecular weight excluding hydrogens is 284 g/mol. The number of rotatable bonds is 4. The summed E-state index contributed by atoms with van der Waals surface area (Å²) in [6, 6.07) is 7.19. The molecule has 0 bridgehead atoms. The SMILES string of the molecule is CC1CC(C)CC(C(NN)c2ccc(S(C)(=O)=O)cc2)C1. The van der Waals surface area contributed by atoms with E-state index < -0.39 is 9.84 Å². The number of benzene rings is 1. The summed E-state index contributed by atoms with van der Waals surface area (Å²) in [5.41, 5.74) is 4.00. The quantitative estimate of drug-likeness (QED) is 0.662. The molecular formula is C16H26N2O2S. The molecule has 1 fully saturated rings. The monoisotopic (exact) mass is 310 g/mol. The van der Waals surface area contributed by atoms with Gasteiger partial charge in [0.05, 0.1) is 4.90 Å². The Morgan fingerprint density at radius 2 is 1.62 bits per heavy atom. The van der Waals surface area contributed by atoms with Gasteiger partial charge in [-0.2, -0.15) is 0 Å². The van der Waals surface area contributed by atoms with E-state index in [1.807, 2.05) is 12.1 Å². The number of hydrogen-bond acceptors (Lipinski definition) is 4. The molecule has 2 rings (SSSR count). The van der Waals surface area contributed by atoms with Crippen LogP contribution >= 0.6 is 0 Å². The maximum Gasteiger partial charge on any atom is 0.175 e. The number of nitrogens with one attached hydrogen (secondary N) is 1. The van der Waals surface area contributed by atoms with Crippen molar-refractivity contribution in [3.63, 3.8) is 0 Å². The summed E-state index contributed by atoms with van der Waals surface area (Å²) in [6.07, 6.45) is 4.83. The molecule has 1 saturated carbocycles. The Bertz CT molecular complexity index is 558. The lowest BCUT2D eigenvalue weighted by molar-refractivity contribution is 0.177. The second-order valence-electron chi connectivity index (χ2n) is 6.66. The zero-order valence-electron chi connectivity index (χ0n) is 13.0. The van der Waals surface area contributed by atoms with Crippen molar-refractivity contribution in [2.45, 2.75) is 44.0 Å². The Hall–Kier alpha value is -0.910. The van der Waals surface area contributed by atoms with Crippen molar-refractivity contribution < 1.29 is 8.42 Å². The first-order valence-electron chi connectivity index (χ1n) is 7.57. The van der Waals surface area contributed by atoms with Gasteiger partial charge in [-0.1, -0.05) is 26.0 Å². The lowest BCUT2D eigenvalue weighted by Crippen LogP contribution is -2.37. The molecule has 0 radical (unpaired) electrons. The van der Waals surface area contributed by atoms with E-state index in [1.54, 1.807) is 12.1 Å². The highest BCUT2D eigenvalue weighted by molar-refractivity contribution is 7.90. The molecule has 1 aliphatic rings. The molecule has 1 aromatic carbocycles. The maximum atomic E-state index is 11.5. The van der Waals surface area contributed by atoms with Crippen LogP contribution in [0.2, 0.25) is 0 Å². The van der Waals surface area contributed by atoms with Gasteiger partial charge in [-0.25, -0.2) is 8.42 Å². The lowest BCUT2D eigenvalue weighted by Gasteiger charge is -2.36. The van der Waals surface area contributed by atoms with E-state index in [1.165, 1.54) is 12.7 Å². The number of hydrogen-bond donors (Lipinski definition) is 2. The Kier molecular flexibility index (Phi) is 5.07. The first-order chi connectivity index (χ1) is 9.81. The molecule has 0 aliphatic heterocycles. The molecule has 0 amide bonds. The fraction of sp³-hybridized carbons (Fsp3) is 0.625. The molecule has 0 spiro atoms. The van der Waals surface area contributed by atoms with Gasteiger partial charge < -0.3 is 0 Å². The topological polar surface area (TPSA) is 72.2 Å². The average Bonchev–Trinajstić information content (AvgIpc) is 2.38. The number of nitrogens with two attached hydrogens (primary N) is 1. The molecule has 3 N–H and O–H groups in total. The van der Waals surface area contributed by atoms with Gasteiger partial charge in [-0.3, -0.25) is 11.3 Å². The van der Waals surface area contributed by atoms with Crippen molar-refractivity contribution in [2.24, 2.45) is 23.6 Å². The molecule has 0 aromatic heterocycles. The number of hydrazine groups is 1. The van der Waals surface area contributed by atoms with E-state index in [0.29, 0.717) is 22.6 Å². The molecule has 0 heterocycles. The summed E-state index contributed by atoms with van der Waals surface area (Å²) in [7, 11) is -3.15. The van der Waals surface area contributed by atoms with E-state index in [9.17, 15) is 8.42 Å². The standard InChI is InChI=1S/C16H26N2O2S/c1-11-8-12(2)10-14(9-11)16(18-17)13-4-6-15(7-5-13)21(3,19)20/h4-7,11-12,14,16,18H,8-10,17H2,1-3H3. The highest BCUT2D eigenvalue weighted by Gasteiger charge is 2.30. The molecule has 1 aliphatic carbocycles.